The quantitative estimate of drug-likeness (QED) is 0.704. The Morgan fingerprint density at radius 3 is 2.20 bits per heavy atom. The van der Waals surface area contributed by atoms with Gasteiger partial charge in [0.15, 0.2) is 0 Å². The van der Waals surface area contributed by atoms with E-state index in [9.17, 15) is 12.9 Å². The highest BCUT2D eigenvalue weighted by Crippen LogP contribution is 2.11. The Labute approximate surface area is 82.2 Å². The van der Waals surface area contributed by atoms with Gasteiger partial charge in [-0.3, -0.25) is 0 Å². The predicted octanol–water partition coefficient (Wildman–Crippen LogP) is 1.19. The third-order valence-electron chi connectivity index (χ3n) is 1.67. The molecule has 0 aromatic carbocycles. The van der Waals surface area contributed by atoms with Crippen LogP contribution in [0.3, 0.4) is 0 Å². The number of halogens is 3. The third kappa shape index (κ3) is 1.98. The number of aromatic nitrogens is 3. The van der Waals surface area contributed by atoms with Gasteiger partial charge in [0.1, 0.15) is 6.26 Å². The normalized spacial score (nSPS) is 11.7. The molecule has 8 heteroatoms. The molecule has 15 heavy (non-hydrogen) atoms. The maximum absolute atomic E-state index is 12.2. The van der Waals surface area contributed by atoms with Gasteiger partial charge in [0.25, 0.3) is 5.89 Å². The smallest absolute Gasteiger partial charge is 0.445 e. The first-order chi connectivity index (χ1) is 7.07. The lowest BCUT2D eigenvalue weighted by Gasteiger charge is -2.12. The summed E-state index contributed by atoms with van der Waals surface area (Å²) in [7, 11) is 0. The molecule has 2 aromatic rings. The Morgan fingerprint density at radius 2 is 1.73 bits per heavy atom. The highest BCUT2D eigenvalue weighted by atomic mass is 19.4. The molecule has 2 rings (SSSR count). The van der Waals surface area contributed by atoms with Gasteiger partial charge in [-0.15, -0.1) is 0 Å². The lowest BCUT2D eigenvalue weighted by atomic mass is 9.83. The van der Waals surface area contributed by atoms with E-state index < -0.39 is 12.4 Å². The van der Waals surface area contributed by atoms with Gasteiger partial charge in [-0.2, -0.15) is 0 Å². The van der Waals surface area contributed by atoms with E-state index in [-0.39, 0.29) is 11.7 Å². The van der Waals surface area contributed by atoms with Crippen molar-refractivity contribution in [1.29, 1.82) is 0 Å². The van der Waals surface area contributed by atoms with Gasteiger partial charge in [-0.1, -0.05) is 5.46 Å². The van der Waals surface area contributed by atoms with E-state index in [1.54, 1.807) is 0 Å². The Kier molecular flexibility index (Phi) is 2.18. The zero-order valence-electron chi connectivity index (χ0n) is 7.27. The van der Waals surface area contributed by atoms with Crippen molar-refractivity contribution in [2.24, 2.45) is 0 Å². The Bertz CT molecular complexity index is 440. The van der Waals surface area contributed by atoms with Crippen molar-refractivity contribution in [3.8, 4) is 11.7 Å². The zero-order valence-corrected chi connectivity index (χ0v) is 7.27. The summed E-state index contributed by atoms with van der Waals surface area (Å²) in [6, 6.07) is 0. The average molecular weight is 214 g/mol. The highest BCUT2D eigenvalue weighted by molar-refractivity contribution is 6.73. The molecule has 2 heterocycles. The van der Waals surface area contributed by atoms with Crippen molar-refractivity contribution in [1.82, 2.24) is 15.0 Å². The van der Waals surface area contributed by atoms with Crippen LogP contribution in [-0.4, -0.2) is 21.9 Å². The molecule has 0 radical (unpaired) electrons. The molecule has 0 fully saturated rings. The van der Waals surface area contributed by atoms with Crippen molar-refractivity contribution in [3.05, 3.63) is 24.9 Å². The molecular formula is C7H4BF3N3O-. The van der Waals surface area contributed by atoms with Crippen LogP contribution in [0.1, 0.15) is 0 Å². The minimum absolute atomic E-state index is 0.0313. The molecule has 0 N–H and O–H groups in total. The number of nitrogens with zero attached hydrogens (tertiary/aromatic N) is 3. The topological polar surface area (TPSA) is 51.8 Å². The summed E-state index contributed by atoms with van der Waals surface area (Å²) in [4.78, 5) is 10.7. The second kappa shape index (κ2) is 3.37. The summed E-state index contributed by atoms with van der Waals surface area (Å²) < 4.78 is 41.4. The maximum Gasteiger partial charge on any atom is 0.512 e. The van der Waals surface area contributed by atoms with Gasteiger partial charge in [-0.25, -0.2) is 15.0 Å². The largest absolute Gasteiger partial charge is 0.512 e. The van der Waals surface area contributed by atoms with E-state index in [1.807, 2.05) is 0 Å². The number of hydrogen-bond acceptors (Lipinski definition) is 4. The van der Waals surface area contributed by atoms with E-state index >= 15 is 0 Å². The SMILES string of the molecule is F[B-](F)(F)c1cnc(-c2ncco2)nc1. The van der Waals surface area contributed by atoms with Crippen LogP contribution in [-0.2, 0) is 0 Å². The zero-order chi connectivity index (χ0) is 10.9. The van der Waals surface area contributed by atoms with Crippen molar-refractivity contribution in [2.45, 2.75) is 0 Å². The fourth-order valence-electron chi connectivity index (χ4n) is 0.951. The Hall–Kier alpha value is -1.86. The molecule has 0 spiro atoms. The molecule has 0 amide bonds. The van der Waals surface area contributed by atoms with Crippen LogP contribution in [0.15, 0.2) is 29.3 Å². The molecule has 0 aliphatic carbocycles. The van der Waals surface area contributed by atoms with Gasteiger partial charge in [-0.05, 0) is 0 Å². The number of hydrogen-bond donors (Lipinski definition) is 0. The van der Waals surface area contributed by atoms with Gasteiger partial charge in [0.2, 0.25) is 5.82 Å². The van der Waals surface area contributed by atoms with Crippen LogP contribution in [0.5, 0.6) is 0 Å². The first kappa shape index (κ1) is 9.69. The van der Waals surface area contributed by atoms with Crippen LogP contribution < -0.4 is 5.46 Å². The summed E-state index contributed by atoms with van der Waals surface area (Å²) in [6.07, 6.45) is 4.08. The molecular weight excluding hydrogens is 210 g/mol. The third-order valence-corrected chi connectivity index (χ3v) is 1.67. The summed E-state index contributed by atoms with van der Waals surface area (Å²) in [6.45, 7) is -5.06. The summed E-state index contributed by atoms with van der Waals surface area (Å²) >= 11 is 0. The van der Waals surface area contributed by atoms with E-state index in [0.29, 0.717) is 12.4 Å². The van der Waals surface area contributed by atoms with E-state index in [1.165, 1.54) is 12.5 Å². The van der Waals surface area contributed by atoms with Crippen LogP contribution in [0.4, 0.5) is 12.9 Å². The van der Waals surface area contributed by atoms with E-state index in [2.05, 4.69) is 15.0 Å². The van der Waals surface area contributed by atoms with Crippen LogP contribution in [0.25, 0.3) is 11.7 Å². The molecule has 2 aromatic heterocycles. The summed E-state index contributed by atoms with van der Waals surface area (Å²) in [5.74, 6) is 0.125. The minimum atomic E-state index is -5.06. The molecule has 0 unspecified atom stereocenters. The Morgan fingerprint density at radius 1 is 1.07 bits per heavy atom. The van der Waals surface area contributed by atoms with Gasteiger partial charge >= 0.3 is 6.98 Å². The standard InChI is InChI=1S/C7H4BF3N3O/c9-8(10,11)5-3-13-6(14-4-5)7-12-1-2-15-7/h1-4H/q-1. The Balaban J connectivity index is 2.33. The van der Waals surface area contributed by atoms with Crippen LogP contribution in [0, 0.1) is 0 Å². The average Bonchev–Trinajstić information content (AvgIpc) is 2.69. The van der Waals surface area contributed by atoms with E-state index in [0.717, 1.165) is 0 Å². The van der Waals surface area contributed by atoms with Gasteiger partial charge in [0, 0.05) is 12.4 Å². The molecule has 0 aliphatic rings. The fraction of sp³-hybridized carbons (Fsp3) is 0. The molecule has 78 valence electrons. The van der Waals surface area contributed by atoms with Gasteiger partial charge in [0.05, 0.1) is 6.20 Å². The lowest BCUT2D eigenvalue weighted by molar-refractivity contribution is 0.500. The molecule has 0 aliphatic heterocycles. The van der Waals surface area contributed by atoms with Crippen LogP contribution >= 0.6 is 0 Å². The second-order valence-corrected chi connectivity index (χ2v) is 2.75. The van der Waals surface area contributed by atoms with Gasteiger partial charge < -0.3 is 17.4 Å². The summed E-state index contributed by atoms with van der Waals surface area (Å²) in [5, 5.41) is 0. The molecule has 0 saturated heterocycles. The molecule has 0 atom stereocenters. The molecule has 4 nitrogen and oxygen atoms in total. The van der Waals surface area contributed by atoms with Crippen LogP contribution in [0.2, 0.25) is 0 Å². The number of oxazole rings is 1. The van der Waals surface area contributed by atoms with Crippen molar-refractivity contribution in [2.75, 3.05) is 0 Å². The highest BCUT2D eigenvalue weighted by Gasteiger charge is 2.26. The van der Waals surface area contributed by atoms with Crippen molar-refractivity contribution in [3.63, 3.8) is 0 Å². The number of rotatable bonds is 2. The lowest BCUT2D eigenvalue weighted by Crippen LogP contribution is -2.34. The van der Waals surface area contributed by atoms with Crippen molar-refractivity contribution < 1.29 is 17.4 Å². The fourth-order valence-corrected chi connectivity index (χ4v) is 0.951. The first-order valence-corrected chi connectivity index (χ1v) is 3.99. The summed E-state index contributed by atoms with van der Waals surface area (Å²) in [5.41, 5.74) is -0.842. The monoisotopic (exact) mass is 214 g/mol. The van der Waals surface area contributed by atoms with E-state index in [4.69, 9.17) is 4.42 Å². The minimum Gasteiger partial charge on any atom is -0.445 e. The second-order valence-electron chi connectivity index (χ2n) is 2.75. The predicted molar refractivity (Wildman–Crippen MR) is 46.2 cm³/mol. The molecule has 0 bridgehead atoms. The molecule has 0 saturated carbocycles. The van der Waals surface area contributed by atoms with Crippen molar-refractivity contribution >= 4 is 12.4 Å². The maximum atomic E-state index is 12.2. The first-order valence-electron chi connectivity index (χ1n) is 3.99.